The van der Waals surface area contributed by atoms with E-state index in [4.69, 9.17) is 4.74 Å². The van der Waals surface area contributed by atoms with Crippen LogP contribution in [0.5, 0.6) is 5.75 Å². The predicted octanol–water partition coefficient (Wildman–Crippen LogP) is 8.41. The standard InChI is InChI=1S/C35H40N2O2/c1-6-9-28-15-16-31(39-23-27-11-13-29(14-12-27)33-10-7-8-17-36-33)22-32(28)35(38)37-34(18-24(2)3)30-20-25(4)19-26(5)21-30/h7-8,10-17,19-22,24,34H,6,9,18,23H2,1-5H3,(H,37,38). The van der Waals surface area contributed by atoms with Gasteiger partial charge in [0.1, 0.15) is 12.4 Å². The third kappa shape index (κ3) is 7.79. The summed E-state index contributed by atoms with van der Waals surface area (Å²) in [6.07, 6.45) is 4.49. The van der Waals surface area contributed by atoms with Crippen molar-refractivity contribution >= 4 is 5.91 Å². The van der Waals surface area contributed by atoms with Crippen LogP contribution in [0.15, 0.2) is 85.1 Å². The van der Waals surface area contributed by atoms with Crippen molar-refractivity contribution in [1.82, 2.24) is 10.3 Å². The Morgan fingerprint density at radius 1 is 0.923 bits per heavy atom. The van der Waals surface area contributed by atoms with Crippen LogP contribution in [0.1, 0.15) is 77.8 Å². The Balaban J connectivity index is 1.51. The van der Waals surface area contributed by atoms with Gasteiger partial charge in [0.05, 0.1) is 11.7 Å². The molecule has 4 heteroatoms. The predicted molar refractivity (Wildman–Crippen MR) is 160 cm³/mol. The van der Waals surface area contributed by atoms with E-state index in [1.807, 2.05) is 36.4 Å². The van der Waals surface area contributed by atoms with Crippen molar-refractivity contribution in [2.75, 3.05) is 0 Å². The highest BCUT2D eigenvalue weighted by Crippen LogP contribution is 2.26. The van der Waals surface area contributed by atoms with Crippen LogP contribution in [-0.4, -0.2) is 10.9 Å². The minimum absolute atomic E-state index is 0.0478. The van der Waals surface area contributed by atoms with Crippen molar-refractivity contribution in [3.63, 3.8) is 0 Å². The molecule has 0 fully saturated rings. The molecule has 39 heavy (non-hydrogen) atoms. The van der Waals surface area contributed by atoms with E-state index in [1.54, 1.807) is 6.20 Å². The lowest BCUT2D eigenvalue weighted by Gasteiger charge is -2.23. The Labute approximate surface area is 233 Å². The first kappa shape index (κ1) is 28.1. The zero-order chi connectivity index (χ0) is 27.8. The van der Waals surface area contributed by atoms with Crippen LogP contribution in [-0.2, 0) is 13.0 Å². The molecule has 0 saturated heterocycles. The number of rotatable bonds is 11. The van der Waals surface area contributed by atoms with Crippen LogP contribution in [0, 0.1) is 19.8 Å². The van der Waals surface area contributed by atoms with Crippen LogP contribution in [0.3, 0.4) is 0 Å². The second kappa shape index (κ2) is 13.2. The number of carbonyl (C=O) groups excluding carboxylic acids is 1. The molecule has 4 nitrogen and oxygen atoms in total. The van der Waals surface area contributed by atoms with Crippen LogP contribution >= 0.6 is 0 Å². The van der Waals surface area contributed by atoms with Gasteiger partial charge in [-0.3, -0.25) is 9.78 Å². The van der Waals surface area contributed by atoms with Crippen LogP contribution in [0.25, 0.3) is 11.3 Å². The monoisotopic (exact) mass is 520 g/mol. The lowest BCUT2D eigenvalue weighted by molar-refractivity contribution is 0.0930. The number of amides is 1. The highest BCUT2D eigenvalue weighted by molar-refractivity contribution is 5.96. The molecule has 3 aromatic carbocycles. The van der Waals surface area contributed by atoms with Gasteiger partial charge in [0, 0.05) is 17.3 Å². The number of pyridine rings is 1. The molecule has 1 heterocycles. The van der Waals surface area contributed by atoms with Crippen molar-refractivity contribution in [3.05, 3.63) is 118 Å². The number of hydrogen-bond donors (Lipinski definition) is 1. The minimum atomic E-state index is -0.0484. The molecule has 4 aromatic rings. The molecule has 1 atom stereocenters. The number of nitrogens with one attached hydrogen (secondary N) is 1. The van der Waals surface area contributed by atoms with Crippen LogP contribution < -0.4 is 10.1 Å². The highest BCUT2D eigenvalue weighted by atomic mass is 16.5. The van der Waals surface area contributed by atoms with E-state index < -0.39 is 0 Å². The smallest absolute Gasteiger partial charge is 0.252 e. The van der Waals surface area contributed by atoms with E-state index in [2.05, 4.69) is 87.4 Å². The van der Waals surface area contributed by atoms with Crippen molar-refractivity contribution in [2.45, 2.75) is 66.5 Å². The number of aromatic nitrogens is 1. The molecule has 0 saturated carbocycles. The average Bonchev–Trinajstić information content (AvgIpc) is 2.92. The van der Waals surface area contributed by atoms with Gasteiger partial charge in [0.25, 0.3) is 5.91 Å². The first-order chi connectivity index (χ1) is 18.8. The average molecular weight is 521 g/mol. The number of carbonyl (C=O) groups is 1. The second-order valence-electron chi connectivity index (χ2n) is 10.8. The van der Waals surface area contributed by atoms with E-state index in [0.717, 1.165) is 47.2 Å². The summed E-state index contributed by atoms with van der Waals surface area (Å²) in [5.41, 5.74) is 8.40. The van der Waals surface area contributed by atoms with Gasteiger partial charge in [-0.15, -0.1) is 0 Å². The summed E-state index contributed by atoms with van der Waals surface area (Å²) >= 11 is 0. The number of aryl methyl sites for hydroxylation is 3. The maximum Gasteiger partial charge on any atom is 0.252 e. The van der Waals surface area contributed by atoms with Gasteiger partial charge in [0.2, 0.25) is 0 Å². The molecule has 1 unspecified atom stereocenters. The topological polar surface area (TPSA) is 51.2 Å². The Morgan fingerprint density at radius 3 is 2.31 bits per heavy atom. The molecule has 0 aliphatic carbocycles. The highest BCUT2D eigenvalue weighted by Gasteiger charge is 2.20. The Morgan fingerprint density at radius 2 is 1.67 bits per heavy atom. The normalized spacial score (nSPS) is 11.8. The van der Waals surface area contributed by atoms with Crippen molar-refractivity contribution in [1.29, 1.82) is 0 Å². The third-order valence-electron chi connectivity index (χ3n) is 6.82. The summed E-state index contributed by atoms with van der Waals surface area (Å²) in [4.78, 5) is 18.1. The van der Waals surface area contributed by atoms with E-state index in [9.17, 15) is 4.79 Å². The lowest BCUT2D eigenvalue weighted by Crippen LogP contribution is -2.30. The van der Waals surface area contributed by atoms with Crippen LogP contribution in [0.2, 0.25) is 0 Å². The number of hydrogen-bond acceptors (Lipinski definition) is 3. The number of ether oxygens (including phenoxy) is 1. The van der Waals surface area contributed by atoms with Gasteiger partial charge in [-0.05, 0) is 73.6 Å². The lowest BCUT2D eigenvalue weighted by atomic mass is 9.93. The summed E-state index contributed by atoms with van der Waals surface area (Å²) < 4.78 is 6.15. The molecule has 0 bridgehead atoms. The van der Waals surface area contributed by atoms with Gasteiger partial charge < -0.3 is 10.1 Å². The van der Waals surface area contributed by atoms with Crippen molar-refractivity contribution < 1.29 is 9.53 Å². The third-order valence-corrected chi connectivity index (χ3v) is 6.82. The maximum atomic E-state index is 13.7. The summed E-state index contributed by atoms with van der Waals surface area (Å²) in [7, 11) is 0. The fraction of sp³-hybridized carbons (Fsp3) is 0.314. The SMILES string of the molecule is CCCc1ccc(OCc2ccc(-c3ccccn3)cc2)cc1C(=O)NC(CC(C)C)c1cc(C)cc(C)c1. The molecule has 0 aliphatic heterocycles. The first-order valence-electron chi connectivity index (χ1n) is 14.0. The van der Waals surface area contributed by atoms with E-state index >= 15 is 0 Å². The fourth-order valence-corrected chi connectivity index (χ4v) is 5.01. The summed E-state index contributed by atoms with van der Waals surface area (Å²) in [6, 6.07) is 26.5. The second-order valence-corrected chi connectivity index (χ2v) is 10.8. The Kier molecular flexibility index (Phi) is 9.54. The number of nitrogens with zero attached hydrogens (tertiary/aromatic N) is 1. The minimum Gasteiger partial charge on any atom is -0.489 e. The molecule has 1 amide bonds. The quantitative estimate of drug-likeness (QED) is 0.216. The zero-order valence-electron chi connectivity index (χ0n) is 23.8. The zero-order valence-corrected chi connectivity index (χ0v) is 23.8. The van der Waals surface area contributed by atoms with Gasteiger partial charge in [0.15, 0.2) is 0 Å². The summed E-state index contributed by atoms with van der Waals surface area (Å²) in [5, 5.41) is 3.36. The molecule has 0 radical (unpaired) electrons. The molecule has 202 valence electrons. The first-order valence-corrected chi connectivity index (χ1v) is 14.0. The van der Waals surface area contributed by atoms with Gasteiger partial charge in [-0.25, -0.2) is 0 Å². The molecule has 1 N–H and O–H groups in total. The largest absolute Gasteiger partial charge is 0.489 e. The van der Waals surface area contributed by atoms with E-state index in [0.29, 0.717) is 23.8 Å². The van der Waals surface area contributed by atoms with E-state index in [-0.39, 0.29) is 11.9 Å². The Hall–Kier alpha value is -3.92. The molecule has 1 aromatic heterocycles. The molecular weight excluding hydrogens is 480 g/mol. The number of benzene rings is 3. The molecule has 0 aliphatic rings. The fourth-order valence-electron chi connectivity index (χ4n) is 5.01. The van der Waals surface area contributed by atoms with Gasteiger partial charge in [-0.1, -0.05) is 92.9 Å². The van der Waals surface area contributed by atoms with Gasteiger partial charge in [-0.2, -0.15) is 0 Å². The van der Waals surface area contributed by atoms with E-state index in [1.165, 1.54) is 11.1 Å². The maximum absolute atomic E-state index is 13.7. The van der Waals surface area contributed by atoms with Crippen LogP contribution in [0.4, 0.5) is 0 Å². The molecule has 0 spiro atoms. The summed E-state index contributed by atoms with van der Waals surface area (Å²) in [5.74, 6) is 1.10. The van der Waals surface area contributed by atoms with Crippen molar-refractivity contribution in [3.8, 4) is 17.0 Å². The Bertz CT molecular complexity index is 1360. The molecular formula is C35H40N2O2. The van der Waals surface area contributed by atoms with Gasteiger partial charge >= 0.3 is 0 Å². The molecule has 4 rings (SSSR count). The van der Waals surface area contributed by atoms with Crippen molar-refractivity contribution in [2.24, 2.45) is 5.92 Å². The summed E-state index contributed by atoms with van der Waals surface area (Å²) in [6.45, 7) is 11.2.